The fourth-order valence-electron chi connectivity index (χ4n) is 8.83. The van der Waals surface area contributed by atoms with E-state index in [9.17, 15) is 26.4 Å². The number of nitrogens with zero attached hydrogens (tertiary/aromatic N) is 5. The van der Waals surface area contributed by atoms with Crippen molar-refractivity contribution in [3.05, 3.63) is 11.6 Å². The van der Waals surface area contributed by atoms with Gasteiger partial charge in [0.25, 0.3) is 0 Å². The van der Waals surface area contributed by atoms with Crippen molar-refractivity contribution in [2.24, 2.45) is 16.2 Å². The van der Waals surface area contributed by atoms with Gasteiger partial charge < -0.3 is 14.8 Å². The Kier molecular flexibility index (Phi) is 4.77. The van der Waals surface area contributed by atoms with Crippen molar-refractivity contribution in [2.45, 2.75) is 87.0 Å². The minimum absolute atomic E-state index is 0.0666. The van der Waals surface area contributed by atoms with E-state index < -0.39 is 26.4 Å². The van der Waals surface area contributed by atoms with E-state index in [4.69, 9.17) is 0 Å². The van der Waals surface area contributed by atoms with E-state index in [-0.39, 0.29) is 36.1 Å². The molecule has 214 valence electrons. The molecule has 0 atom stereocenters. The third-order valence-corrected chi connectivity index (χ3v) is 14.2. The van der Waals surface area contributed by atoms with Gasteiger partial charge in [-0.3, -0.25) is 0 Å². The van der Waals surface area contributed by atoms with Crippen LogP contribution >= 0.6 is 0 Å². The van der Waals surface area contributed by atoms with Crippen LogP contribution in [0.25, 0.3) is 0 Å². The molecular weight excluding hydrogens is 533 g/mol. The van der Waals surface area contributed by atoms with Gasteiger partial charge in [0.1, 0.15) is 11.6 Å². The molecule has 13 heteroatoms. The Morgan fingerprint density at radius 2 is 1.41 bits per heavy atom. The lowest BCUT2D eigenvalue weighted by molar-refractivity contribution is -0.315. The number of rotatable bonds is 4. The smallest absolute Gasteiger partial charge is 0.328 e. The van der Waals surface area contributed by atoms with E-state index >= 15 is 0 Å². The molecule has 9 rings (SSSR count). The molecule has 2 amide bonds. The quantitative estimate of drug-likeness (QED) is 0.598. The zero-order valence-electron chi connectivity index (χ0n) is 22.0. The second-order valence-corrected chi connectivity index (χ2v) is 16.6. The Balaban J connectivity index is 0.794. The summed E-state index contributed by atoms with van der Waals surface area (Å²) in [5.74, 6) is 2.99. The lowest BCUT2D eigenvalue weighted by Gasteiger charge is -2.69. The fourth-order valence-corrected chi connectivity index (χ4v) is 11.4. The summed E-state index contributed by atoms with van der Waals surface area (Å²) in [6.07, 6.45) is 1.88. The summed E-state index contributed by atoms with van der Waals surface area (Å²) in [6.45, 7) is 3.51. The zero-order chi connectivity index (χ0) is 27.1. The molecule has 0 unspecified atom stereocenters. The molecule has 1 aromatic rings. The Morgan fingerprint density at radius 3 is 1.92 bits per heavy atom. The van der Waals surface area contributed by atoms with Crippen LogP contribution in [-0.4, -0.2) is 93.9 Å². The molecule has 0 aromatic carbocycles. The summed E-state index contributed by atoms with van der Waals surface area (Å²) in [6, 6.07) is 0.0722. The number of piperidine rings is 1. The molecule has 8 fully saturated rings. The van der Waals surface area contributed by atoms with E-state index in [1.165, 1.54) is 23.6 Å². The molecule has 3 aliphatic heterocycles. The third-order valence-electron chi connectivity index (χ3n) is 11.7. The first-order valence-corrected chi connectivity index (χ1v) is 15.8. The van der Waals surface area contributed by atoms with Gasteiger partial charge in [0, 0.05) is 61.9 Å². The first kappa shape index (κ1) is 24.9. The molecule has 2 spiro atoms. The van der Waals surface area contributed by atoms with Gasteiger partial charge in [-0.25, -0.2) is 17.5 Å². The normalized spacial score (nSPS) is 35.5. The van der Waals surface area contributed by atoms with Gasteiger partial charge in [0.15, 0.2) is 0 Å². The maximum atomic E-state index is 13.2. The van der Waals surface area contributed by atoms with Crippen LogP contribution in [0.1, 0.15) is 87.7 Å². The van der Waals surface area contributed by atoms with E-state index in [1.807, 2.05) is 9.80 Å². The van der Waals surface area contributed by atoms with Crippen molar-refractivity contribution in [2.75, 3.05) is 39.3 Å². The van der Waals surface area contributed by atoms with Crippen molar-refractivity contribution in [3.8, 4) is 0 Å². The highest BCUT2D eigenvalue weighted by molar-refractivity contribution is 7.90. The average Bonchev–Trinajstić information content (AvgIpc) is 3.14. The number of carbonyl (C=O) groups is 1. The molecule has 2 bridgehead atoms. The number of urea groups is 1. The Bertz CT molecular complexity index is 1290. The monoisotopic (exact) mass is 568 g/mol. The number of aromatic amines is 1. The van der Waals surface area contributed by atoms with E-state index in [2.05, 4.69) is 15.2 Å². The first-order valence-electron chi connectivity index (χ1n) is 14.4. The van der Waals surface area contributed by atoms with Crippen molar-refractivity contribution < 1.29 is 26.4 Å². The molecule has 4 heterocycles. The molecule has 39 heavy (non-hydrogen) atoms. The van der Waals surface area contributed by atoms with Crippen molar-refractivity contribution in [1.82, 2.24) is 29.3 Å². The number of likely N-dealkylation sites (tertiary alicyclic amines) is 2. The summed E-state index contributed by atoms with van der Waals surface area (Å²) >= 11 is 0. The van der Waals surface area contributed by atoms with Crippen molar-refractivity contribution in [1.29, 1.82) is 0 Å². The minimum atomic E-state index is -4.31. The topological polar surface area (TPSA) is 102 Å². The number of aromatic nitrogens is 3. The van der Waals surface area contributed by atoms with E-state index in [1.54, 1.807) is 0 Å². The van der Waals surface area contributed by atoms with Crippen molar-refractivity contribution in [3.63, 3.8) is 0 Å². The van der Waals surface area contributed by atoms with Crippen LogP contribution in [0.2, 0.25) is 0 Å². The highest BCUT2D eigenvalue weighted by Crippen LogP contribution is 2.76. The van der Waals surface area contributed by atoms with Crippen LogP contribution in [0.5, 0.6) is 0 Å². The third kappa shape index (κ3) is 3.28. The predicted molar refractivity (Wildman–Crippen MR) is 133 cm³/mol. The van der Waals surface area contributed by atoms with E-state index in [0.29, 0.717) is 50.9 Å². The number of carbonyl (C=O) groups excluding carboxylic acids is 1. The summed E-state index contributed by atoms with van der Waals surface area (Å²) in [7, 11) is -3.73. The lowest BCUT2D eigenvalue weighted by Crippen LogP contribution is -2.77. The Morgan fingerprint density at radius 1 is 0.872 bits per heavy atom. The number of halogens is 3. The molecule has 1 aromatic heterocycles. The highest BCUT2D eigenvalue weighted by Gasteiger charge is 2.83. The number of alkyl halides is 3. The molecule has 5 aliphatic carbocycles. The average molecular weight is 569 g/mol. The first-order chi connectivity index (χ1) is 18.4. The molecular formula is C26H35F3N6O3S. The molecule has 5 saturated carbocycles. The van der Waals surface area contributed by atoms with Gasteiger partial charge in [-0.15, -0.1) is 10.2 Å². The number of H-pyrrole nitrogens is 1. The summed E-state index contributed by atoms with van der Waals surface area (Å²) in [4.78, 5) is 20.3. The lowest BCUT2D eigenvalue weighted by atomic mass is 9.43. The fraction of sp³-hybridized carbons (Fsp3) is 0.885. The molecule has 8 aliphatic rings. The van der Waals surface area contributed by atoms with Gasteiger partial charge in [0.05, 0.1) is 10.2 Å². The predicted octanol–water partition coefficient (Wildman–Crippen LogP) is 3.58. The minimum Gasteiger partial charge on any atom is -0.328 e. The number of nitrogens with one attached hydrogen (secondary N) is 1. The SMILES string of the molecule is O=C(N1CC2(CCN(S(=O)(=O)C34CC(C(F)(F)F)(C3)C4)CC2)C1)N1CC2(CC(c3nnc(C4CCC4)[nH]3)C2)C1. The van der Waals surface area contributed by atoms with Crippen LogP contribution < -0.4 is 0 Å². The number of hydrogen-bond acceptors (Lipinski definition) is 5. The largest absolute Gasteiger partial charge is 0.394 e. The summed E-state index contributed by atoms with van der Waals surface area (Å²) in [5.41, 5.74) is -1.63. The second kappa shape index (κ2) is 7.49. The van der Waals surface area contributed by atoms with Crippen LogP contribution in [0.15, 0.2) is 0 Å². The second-order valence-electron chi connectivity index (χ2n) is 14.2. The summed E-state index contributed by atoms with van der Waals surface area (Å²) < 4.78 is 66.2. The van der Waals surface area contributed by atoms with Crippen LogP contribution in [0, 0.1) is 16.2 Å². The summed E-state index contributed by atoms with van der Waals surface area (Å²) in [5, 5.41) is 8.75. The number of amides is 2. The Labute approximate surface area is 225 Å². The molecule has 1 N–H and O–H groups in total. The molecule has 3 saturated heterocycles. The molecule has 0 radical (unpaired) electrons. The maximum absolute atomic E-state index is 13.2. The van der Waals surface area contributed by atoms with Crippen molar-refractivity contribution >= 4 is 16.1 Å². The van der Waals surface area contributed by atoms with Crippen LogP contribution in [0.4, 0.5) is 18.0 Å². The zero-order valence-corrected chi connectivity index (χ0v) is 22.8. The van der Waals surface area contributed by atoms with Crippen LogP contribution in [-0.2, 0) is 10.0 Å². The van der Waals surface area contributed by atoms with E-state index in [0.717, 1.165) is 37.6 Å². The van der Waals surface area contributed by atoms with Gasteiger partial charge >= 0.3 is 12.2 Å². The van der Waals surface area contributed by atoms with Crippen LogP contribution in [0.3, 0.4) is 0 Å². The number of hydrogen-bond donors (Lipinski definition) is 1. The number of sulfonamides is 1. The Hall–Kier alpha value is -1.89. The van der Waals surface area contributed by atoms with Gasteiger partial charge in [-0.05, 0) is 57.8 Å². The van der Waals surface area contributed by atoms with Gasteiger partial charge in [-0.2, -0.15) is 13.2 Å². The van der Waals surface area contributed by atoms with Gasteiger partial charge in [-0.1, -0.05) is 6.42 Å². The molecule has 9 nitrogen and oxygen atoms in total. The standard InChI is InChI=1S/C26H35F3N6O3S/c27-26(28,29)24-10-25(11-24,12-24)39(37,38)35-6-4-22(5-7-35)13-33(14-22)21(36)34-15-23(16-34)8-18(9-23)20-30-19(31-32-20)17-2-1-3-17/h17-18H,1-16H2,(H,30,31,32). The highest BCUT2D eigenvalue weighted by atomic mass is 32.2. The van der Waals surface area contributed by atoms with Gasteiger partial charge in [0.2, 0.25) is 10.0 Å². The maximum Gasteiger partial charge on any atom is 0.394 e.